The second-order valence-corrected chi connectivity index (χ2v) is 6.42. The van der Waals surface area contributed by atoms with E-state index in [0.29, 0.717) is 29.9 Å². The summed E-state index contributed by atoms with van der Waals surface area (Å²) in [5, 5.41) is 6.77. The first-order chi connectivity index (χ1) is 11.1. The molecule has 1 saturated heterocycles. The van der Waals surface area contributed by atoms with Crippen molar-refractivity contribution in [1.29, 1.82) is 0 Å². The van der Waals surface area contributed by atoms with Crippen molar-refractivity contribution in [3.63, 3.8) is 0 Å². The molecule has 2 amide bonds. The zero-order chi connectivity index (χ0) is 16.2. The molecule has 2 aromatic rings. The van der Waals surface area contributed by atoms with Gasteiger partial charge in [0.2, 0.25) is 0 Å². The van der Waals surface area contributed by atoms with E-state index in [0.717, 1.165) is 12.8 Å². The lowest BCUT2D eigenvalue weighted by atomic mass is 10.0. The summed E-state index contributed by atoms with van der Waals surface area (Å²) in [7, 11) is 0. The van der Waals surface area contributed by atoms with Gasteiger partial charge in [0.05, 0.1) is 5.56 Å². The molecule has 2 heterocycles. The van der Waals surface area contributed by atoms with Crippen LogP contribution in [0.2, 0.25) is 0 Å². The van der Waals surface area contributed by atoms with Gasteiger partial charge in [0, 0.05) is 35.8 Å². The number of nitrogens with two attached hydrogens (primary N) is 1. The molecule has 1 aromatic carbocycles. The summed E-state index contributed by atoms with van der Waals surface area (Å²) in [6.45, 7) is 1.25. The van der Waals surface area contributed by atoms with Crippen LogP contribution in [-0.4, -0.2) is 35.8 Å². The van der Waals surface area contributed by atoms with Gasteiger partial charge in [-0.15, -0.1) is 12.4 Å². The molecule has 1 aliphatic rings. The number of halogens is 1. The molecule has 0 aliphatic carbocycles. The maximum absolute atomic E-state index is 12.5. The minimum absolute atomic E-state index is 0. The number of carbonyl (C=O) groups excluding carboxylic acids is 2. The number of amides is 2. The summed E-state index contributed by atoms with van der Waals surface area (Å²) in [5.41, 5.74) is 7.63. The number of likely N-dealkylation sites (tertiary alicyclic amines) is 1. The second-order valence-electron chi connectivity index (χ2n) is 5.64. The lowest BCUT2D eigenvalue weighted by Crippen LogP contribution is -2.46. The Morgan fingerprint density at radius 3 is 2.50 bits per heavy atom. The number of rotatable bonds is 3. The molecule has 1 aliphatic heterocycles. The van der Waals surface area contributed by atoms with E-state index >= 15 is 0 Å². The third-order valence-corrected chi connectivity index (χ3v) is 4.78. The van der Waals surface area contributed by atoms with Gasteiger partial charge in [0.1, 0.15) is 0 Å². The second kappa shape index (κ2) is 8.17. The number of benzene rings is 1. The Balaban J connectivity index is 0.00000208. The van der Waals surface area contributed by atoms with E-state index in [9.17, 15) is 9.59 Å². The van der Waals surface area contributed by atoms with Crippen molar-refractivity contribution in [2.75, 3.05) is 18.8 Å². The summed E-state index contributed by atoms with van der Waals surface area (Å²) in [6.07, 6.45) is 1.52. The SMILES string of the molecule is Cl.Nc1ccccc1C(=O)N1CCC(NC(=O)c2ccsc2)CC1. The summed E-state index contributed by atoms with van der Waals surface area (Å²) < 4.78 is 0. The van der Waals surface area contributed by atoms with Gasteiger partial charge < -0.3 is 16.0 Å². The van der Waals surface area contributed by atoms with Crippen LogP contribution in [0.15, 0.2) is 41.1 Å². The fourth-order valence-electron chi connectivity index (χ4n) is 2.75. The number of nitrogen functional groups attached to an aromatic ring is 1. The lowest BCUT2D eigenvalue weighted by molar-refractivity contribution is 0.0699. The van der Waals surface area contributed by atoms with Crippen LogP contribution >= 0.6 is 23.7 Å². The highest BCUT2D eigenvalue weighted by Crippen LogP contribution is 2.18. The average Bonchev–Trinajstić information content (AvgIpc) is 3.10. The van der Waals surface area contributed by atoms with Crippen LogP contribution in [0.25, 0.3) is 0 Å². The quantitative estimate of drug-likeness (QED) is 0.821. The van der Waals surface area contributed by atoms with Crippen LogP contribution in [0.3, 0.4) is 0 Å². The third kappa shape index (κ3) is 4.07. The molecule has 0 saturated carbocycles. The number of para-hydroxylation sites is 1. The molecule has 7 heteroatoms. The fraction of sp³-hybridized carbons (Fsp3) is 0.294. The predicted molar refractivity (Wildman–Crippen MR) is 98.8 cm³/mol. The van der Waals surface area contributed by atoms with E-state index in [-0.39, 0.29) is 30.3 Å². The largest absolute Gasteiger partial charge is 0.398 e. The van der Waals surface area contributed by atoms with Gasteiger partial charge in [-0.25, -0.2) is 0 Å². The van der Waals surface area contributed by atoms with Gasteiger partial charge in [-0.05, 0) is 36.4 Å². The van der Waals surface area contributed by atoms with Crippen molar-refractivity contribution >= 4 is 41.2 Å². The van der Waals surface area contributed by atoms with Gasteiger partial charge in [-0.1, -0.05) is 12.1 Å². The van der Waals surface area contributed by atoms with E-state index in [2.05, 4.69) is 5.32 Å². The monoisotopic (exact) mass is 365 g/mol. The molecule has 0 atom stereocenters. The molecule has 1 fully saturated rings. The summed E-state index contributed by atoms with van der Waals surface area (Å²) in [4.78, 5) is 26.4. The van der Waals surface area contributed by atoms with Gasteiger partial charge in [-0.3, -0.25) is 9.59 Å². The average molecular weight is 366 g/mol. The fourth-order valence-corrected chi connectivity index (χ4v) is 3.39. The van der Waals surface area contributed by atoms with Crippen LogP contribution in [-0.2, 0) is 0 Å². The van der Waals surface area contributed by atoms with Crippen LogP contribution < -0.4 is 11.1 Å². The molecule has 0 unspecified atom stereocenters. The zero-order valence-corrected chi connectivity index (χ0v) is 14.7. The number of thiophene rings is 1. The van der Waals surface area contributed by atoms with Crippen LogP contribution in [0.5, 0.6) is 0 Å². The van der Waals surface area contributed by atoms with Crippen molar-refractivity contribution in [3.05, 3.63) is 52.2 Å². The molecule has 24 heavy (non-hydrogen) atoms. The first-order valence-corrected chi connectivity index (χ1v) is 8.56. The molecular weight excluding hydrogens is 346 g/mol. The highest BCUT2D eigenvalue weighted by atomic mass is 35.5. The summed E-state index contributed by atoms with van der Waals surface area (Å²) in [5.74, 6) is -0.0750. The van der Waals surface area contributed by atoms with Crippen LogP contribution in [0.1, 0.15) is 33.6 Å². The predicted octanol–water partition coefficient (Wildman–Crippen LogP) is 2.79. The van der Waals surface area contributed by atoms with E-state index in [4.69, 9.17) is 5.73 Å². The molecular formula is C17H20ClN3O2S. The summed E-state index contributed by atoms with van der Waals surface area (Å²) in [6, 6.07) is 9.05. The van der Waals surface area contributed by atoms with Gasteiger partial charge in [-0.2, -0.15) is 11.3 Å². The first-order valence-electron chi connectivity index (χ1n) is 7.62. The van der Waals surface area contributed by atoms with Crippen molar-refractivity contribution < 1.29 is 9.59 Å². The van der Waals surface area contributed by atoms with Crippen molar-refractivity contribution in [1.82, 2.24) is 10.2 Å². The normalized spacial score (nSPS) is 14.8. The zero-order valence-electron chi connectivity index (χ0n) is 13.1. The van der Waals surface area contributed by atoms with E-state index in [1.807, 2.05) is 29.0 Å². The van der Waals surface area contributed by atoms with Gasteiger partial charge in [0.25, 0.3) is 11.8 Å². The Kier molecular flexibility index (Phi) is 6.23. The van der Waals surface area contributed by atoms with E-state index in [1.165, 1.54) is 11.3 Å². The van der Waals surface area contributed by atoms with E-state index < -0.39 is 0 Å². The number of anilines is 1. The molecule has 0 bridgehead atoms. The van der Waals surface area contributed by atoms with Crippen molar-refractivity contribution in [2.24, 2.45) is 0 Å². The number of hydrogen-bond acceptors (Lipinski definition) is 4. The maximum atomic E-state index is 12.5. The van der Waals surface area contributed by atoms with E-state index in [1.54, 1.807) is 17.0 Å². The van der Waals surface area contributed by atoms with Crippen LogP contribution in [0, 0.1) is 0 Å². The smallest absolute Gasteiger partial charge is 0.255 e. The van der Waals surface area contributed by atoms with Crippen LogP contribution in [0.4, 0.5) is 5.69 Å². The molecule has 3 rings (SSSR count). The van der Waals surface area contributed by atoms with Gasteiger partial charge >= 0.3 is 0 Å². The molecule has 3 N–H and O–H groups in total. The molecule has 0 radical (unpaired) electrons. The highest BCUT2D eigenvalue weighted by Gasteiger charge is 2.25. The molecule has 1 aromatic heterocycles. The Labute approximate surface area is 151 Å². The number of nitrogens with one attached hydrogen (secondary N) is 1. The lowest BCUT2D eigenvalue weighted by Gasteiger charge is -2.32. The first kappa shape index (κ1) is 18.3. The summed E-state index contributed by atoms with van der Waals surface area (Å²) >= 11 is 1.51. The molecule has 0 spiro atoms. The Hall–Kier alpha value is -2.05. The van der Waals surface area contributed by atoms with Crippen molar-refractivity contribution in [2.45, 2.75) is 18.9 Å². The number of piperidine rings is 1. The third-order valence-electron chi connectivity index (χ3n) is 4.09. The topological polar surface area (TPSA) is 75.4 Å². The molecule has 5 nitrogen and oxygen atoms in total. The number of carbonyl (C=O) groups is 2. The number of hydrogen-bond donors (Lipinski definition) is 2. The number of nitrogens with zero attached hydrogens (tertiary/aromatic N) is 1. The Morgan fingerprint density at radius 1 is 1.17 bits per heavy atom. The van der Waals surface area contributed by atoms with Gasteiger partial charge in [0.15, 0.2) is 0 Å². The highest BCUT2D eigenvalue weighted by molar-refractivity contribution is 7.08. The maximum Gasteiger partial charge on any atom is 0.255 e. The Bertz CT molecular complexity index is 698. The molecule has 128 valence electrons. The minimum atomic E-state index is -0.0386. The van der Waals surface area contributed by atoms with Crippen molar-refractivity contribution in [3.8, 4) is 0 Å². The Morgan fingerprint density at radius 2 is 1.88 bits per heavy atom. The standard InChI is InChI=1S/C17H19N3O2S.ClH/c18-15-4-2-1-3-14(15)17(22)20-8-5-13(6-9-20)19-16(21)12-7-10-23-11-12;/h1-4,7,10-11,13H,5-6,8-9,18H2,(H,19,21);1H. The minimum Gasteiger partial charge on any atom is -0.398 e.